The van der Waals surface area contributed by atoms with E-state index in [1.165, 1.54) is 6.92 Å². The smallest absolute Gasteiger partial charge is 0.407 e. The number of carboxylic acid groups (broad SMARTS) is 1. The molecule has 0 aliphatic heterocycles. The van der Waals surface area contributed by atoms with Crippen LogP contribution in [0.1, 0.15) is 50.7 Å². The molecule has 7 nitrogen and oxygen atoms in total. The van der Waals surface area contributed by atoms with Crippen molar-refractivity contribution in [3.05, 3.63) is 59.7 Å². The standard InChI is InChI=1S/C26H30N2O5/c1-15(2)22(23(29)28-26(3,24(30)31)16-12-13-16)27-25(32)33-14-21-19-10-6-4-8-17(19)18-9-5-7-11-20(18)21/h4-11,15-16,21-22H,12-14H2,1-3H3,(H,27,32)(H,28,29)(H,30,31)/t22-,26?/m1/s1. The maximum absolute atomic E-state index is 12.9. The van der Waals surface area contributed by atoms with Gasteiger partial charge in [0.15, 0.2) is 0 Å². The Morgan fingerprint density at radius 1 is 1.03 bits per heavy atom. The van der Waals surface area contributed by atoms with E-state index in [4.69, 9.17) is 4.74 Å². The molecule has 2 amide bonds. The molecule has 0 aromatic heterocycles. The van der Waals surface area contributed by atoms with Crippen molar-refractivity contribution in [2.75, 3.05) is 6.61 Å². The van der Waals surface area contributed by atoms with Crippen LogP contribution in [0.15, 0.2) is 48.5 Å². The first-order valence-corrected chi connectivity index (χ1v) is 11.4. The summed E-state index contributed by atoms with van der Waals surface area (Å²) in [5.74, 6) is -2.01. The predicted molar refractivity (Wildman–Crippen MR) is 124 cm³/mol. The summed E-state index contributed by atoms with van der Waals surface area (Å²) in [6.45, 7) is 5.25. The Morgan fingerprint density at radius 3 is 2.06 bits per heavy atom. The SMILES string of the molecule is CC(C)[C@@H](NC(=O)OCC1c2ccccc2-c2ccccc21)C(=O)NC(C)(C(=O)O)C1CC1. The Labute approximate surface area is 193 Å². The number of fused-ring (bicyclic) bond motifs is 3. The van der Waals surface area contributed by atoms with Crippen molar-refractivity contribution in [2.24, 2.45) is 11.8 Å². The third-order valence-corrected chi connectivity index (χ3v) is 6.79. The minimum Gasteiger partial charge on any atom is -0.480 e. The van der Waals surface area contributed by atoms with Gasteiger partial charge in [0.05, 0.1) is 0 Å². The maximum Gasteiger partial charge on any atom is 0.407 e. The molecule has 174 valence electrons. The molecule has 2 aromatic carbocycles. The normalized spacial score (nSPS) is 17.5. The Kier molecular flexibility index (Phi) is 6.15. The first kappa shape index (κ1) is 22.8. The number of carboxylic acids is 1. The van der Waals surface area contributed by atoms with Crippen molar-refractivity contribution in [2.45, 2.75) is 51.1 Å². The minimum atomic E-state index is -1.34. The highest BCUT2D eigenvalue weighted by Crippen LogP contribution is 2.44. The summed E-state index contributed by atoms with van der Waals surface area (Å²) >= 11 is 0. The minimum absolute atomic E-state index is 0.0837. The molecule has 33 heavy (non-hydrogen) atoms. The lowest BCUT2D eigenvalue weighted by molar-refractivity contribution is -0.148. The molecule has 2 aromatic rings. The van der Waals surface area contributed by atoms with Gasteiger partial charge in [-0.2, -0.15) is 0 Å². The van der Waals surface area contributed by atoms with Crippen LogP contribution in [0.4, 0.5) is 4.79 Å². The highest BCUT2D eigenvalue weighted by atomic mass is 16.5. The topological polar surface area (TPSA) is 105 Å². The molecule has 1 unspecified atom stereocenters. The summed E-state index contributed by atoms with van der Waals surface area (Å²) in [6, 6.07) is 15.2. The first-order valence-electron chi connectivity index (χ1n) is 11.4. The van der Waals surface area contributed by atoms with Crippen molar-refractivity contribution in [3.8, 4) is 11.1 Å². The Morgan fingerprint density at radius 2 is 1.58 bits per heavy atom. The van der Waals surface area contributed by atoms with Crippen LogP contribution in [-0.4, -0.2) is 41.3 Å². The third-order valence-electron chi connectivity index (χ3n) is 6.79. The van der Waals surface area contributed by atoms with Crippen LogP contribution < -0.4 is 10.6 Å². The Balaban J connectivity index is 1.42. The Bertz CT molecular complexity index is 1030. The van der Waals surface area contributed by atoms with E-state index in [-0.39, 0.29) is 24.4 Å². The van der Waals surface area contributed by atoms with E-state index < -0.39 is 29.6 Å². The van der Waals surface area contributed by atoms with Gasteiger partial charge in [0.2, 0.25) is 5.91 Å². The number of carbonyl (C=O) groups excluding carboxylic acids is 2. The van der Waals surface area contributed by atoms with E-state index in [0.29, 0.717) is 0 Å². The van der Waals surface area contributed by atoms with Crippen molar-refractivity contribution in [3.63, 3.8) is 0 Å². The zero-order chi connectivity index (χ0) is 23.8. The van der Waals surface area contributed by atoms with Crippen LogP contribution in [-0.2, 0) is 14.3 Å². The average Bonchev–Trinajstić information content (AvgIpc) is 3.59. The van der Waals surface area contributed by atoms with Crippen LogP contribution in [0.25, 0.3) is 11.1 Å². The molecule has 2 aliphatic carbocycles. The van der Waals surface area contributed by atoms with Gasteiger partial charge in [0.25, 0.3) is 0 Å². The van der Waals surface area contributed by atoms with Gasteiger partial charge in [0.1, 0.15) is 18.2 Å². The van der Waals surface area contributed by atoms with Crippen molar-refractivity contribution in [1.82, 2.24) is 10.6 Å². The summed E-state index contributed by atoms with van der Waals surface area (Å²) in [4.78, 5) is 37.4. The quantitative estimate of drug-likeness (QED) is 0.565. The summed E-state index contributed by atoms with van der Waals surface area (Å²) in [5.41, 5.74) is 3.13. The fraction of sp³-hybridized carbons (Fsp3) is 0.423. The van der Waals surface area contributed by atoms with Crippen LogP contribution in [0.5, 0.6) is 0 Å². The van der Waals surface area contributed by atoms with E-state index in [1.54, 1.807) is 13.8 Å². The number of benzene rings is 2. The van der Waals surface area contributed by atoms with Gasteiger partial charge in [-0.05, 0) is 53.9 Å². The summed E-state index contributed by atoms with van der Waals surface area (Å²) < 4.78 is 5.56. The molecule has 1 fully saturated rings. The summed E-state index contributed by atoms with van der Waals surface area (Å²) in [6.07, 6.45) is 0.818. The van der Waals surface area contributed by atoms with Crippen LogP contribution in [0.3, 0.4) is 0 Å². The van der Waals surface area contributed by atoms with E-state index >= 15 is 0 Å². The van der Waals surface area contributed by atoms with Crippen molar-refractivity contribution < 1.29 is 24.2 Å². The summed E-state index contributed by atoms with van der Waals surface area (Å²) in [5, 5.41) is 14.9. The molecular weight excluding hydrogens is 420 g/mol. The van der Waals surface area contributed by atoms with E-state index in [9.17, 15) is 19.5 Å². The summed E-state index contributed by atoms with van der Waals surface area (Å²) in [7, 11) is 0. The van der Waals surface area contributed by atoms with Gasteiger partial charge in [-0.25, -0.2) is 9.59 Å². The fourth-order valence-corrected chi connectivity index (χ4v) is 4.63. The number of nitrogens with one attached hydrogen (secondary N) is 2. The molecule has 0 spiro atoms. The molecular formula is C26H30N2O5. The first-order chi connectivity index (χ1) is 15.7. The molecule has 0 radical (unpaired) electrons. The lowest BCUT2D eigenvalue weighted by Crippen LogP contribution is -2.60. The lowest BCUT2D eigenvalue weighted by atomic mass is 9.94. The number of amides is 2. The fourth-order valence-electron chi connectivity index (χ4n) is 4.63. The van der Waals surface area contributed by atoms with Crippen molar-refractivity contribution in [1.29, 1.82) is 0 Å². The number of ether oxygens (including phenoxy) is 1. The number of aliphatic carboxylic acids is 1. The predicted octanol–water partition coefficient (Wildman–Crippen LogP) is 3.92. The lowest BCUT2D eigenvalue weighted by Gasteiger charge is -2.30. The maximum atomic E-state index is 12.9. The van der Waals surface area contributed by atoms with Gasteiger partial charge >= 0.3 is 12.1 Å². The van der Waals surface area contributed by atoms with Crippen LogP contribution in [0, 0.1) is 11.8 Å². The molecule has 0 bridgehead atoms. The molecule has 4 rings (SSSR count). The third kappa shape index (κ3) is 4.45. The molecule has 0 saturated heterocycles. The number of carbonyl (C=O) groups is 3. The molecule has 0 heterocycles. The highest BCUT2D eigenvalue weighted by molar-refractivity contribution is 5.91. The molecule has 2 atom stereocenters. The molecule has 2 aliphatic rings. The molecule has 1 saturated carbocycles. The zero-order valence-electron chi connectivity index (χ0n) is 19.1. The van der Waals surface area contributed by atoms with Gasteiger partial charge in [-0.1, -0.05) is 62.4 Å². The van der Waals surface area contributed by atoms with E-state index in [0.717, 1.165) is 35.1 Å². The second-order valence-corrected chi connectivity index (χ2v) is 9.46. The van der Waals surface area contributed by atoms with Gasteiger partial charge in [-0.15, -0.1) is 0 Å². The number of alkyl carbamates (subject to hydrolysis) is 1. The average molecular weight is 451 g/mol. The van der Waals surface area contributed by atoms with E-state index in [2.05, 4.69) is 22.8 Å². The van der Waals surface area contributed by atoms with E-state index in [1.807, 2.05) is 36.4 Å². The number of rotatable bonds is 8. The number of hydrogen-bond acceptors (Lipinski definition) is 4. The zero-order valence-corrected chi connectivity index (χ0v) is 19.1. The molecule has 3 N–H and O–H groups in total. The molecule has 7 heteroatoms. The monoisotopic (exact) mass is 450 g/mol. The highest BCUT2D eigenvalue weighted by Gasteiger charge is 2.49. The van der Waals surface area contributed by atoms with Crippen molar-refractivity contribution >= 4 is 18.0 Å². The largest absolute Gasteiger partial charge is 0.480 e. The van der Waals surface area contributed by atoms with Crippen LogP contribution >= 0.6 is 0 Å². The second-order valence-electron chi connectivity index (χ2n) is 9.46. The van der Waals surface area contributed by atoms with Gasteiger partial charge in [-0.3, -0.25) is 4.79 Å². The Hall–Kier alpha value is -3.35. The second kappa shape index (κ2) is 8.89. The van der Waals surface area contributed by atoms with Gasteiger partial charge < -0.3 is 20.5 Å². The van der Waals surface area contributed by atoms with Gasteiger partial charge in [0, 0.05) is 5.92 Å². The number of hydrogen-bond donors (Lipinski definition) is 3. The van der Waals surface area contributed by atoms with Crippen LogP contribution in [0.2, 0.25) is 0 Å².